The molecule has 9 nitrogen and oxygen atoms in total. The minimum Gasteiger partial charge on any atom is -0.323 e. The Morgan fingerprint density at radius 2 is 1.91 bits per heavy atom. The molecule has 0 aliphatic carbocycles. The van der Waals surface area contributed by atoms with Crippen molar-refractivity contribution >= 4 is 46.5 Å². The highest BCUT2D eigenvalue weighted by Crippen LogP contribution is 2.24. The van der Waals surface area contributed by atoms with Crippen LogP contribution >= 0.6 is 23.2 Å². The molecule has 0 radical (unpaired) electrons. The van der Waals surface area contributed by atoms with Gasteiger partial charge in [0.15, 0.2) is 5.78 Å². The Hall–Kier alpha value is -3.30. The number of nitrogens with one attached hydrogen (secondary N) is 1. The summed E-state index contributed by atoms with van der Waals surface area (Å²) >= 11 is 11.9. The predicted octanol–water partition coefficient (Wildman–Crippen LogP) is 2.52. The zero-order chi connectivity index (χ0) is 23.1. The van der Waals surface area contributed by atoms with Crippen molar-refractivity contribution in [2.75, 3.05) is 17.7 Å². The van der Waals surface area contributed by atoms with Crippen molar-refractivity contribution in [1.29, 1.82) is 0 Å². The van der Waals surface area contributed by atoms with Crippen LogP contribution in [0.5, 0.6) is 0 Å². The van der Waals surface area contributed by atoms with Gasteiger partial charge in [-0.2, -0.15) is 4.68 Å². The summed E-state index contributed by atoms with van der Waals surface area (Å²) in [5, 5.41) is 14.1. The van der Waals surface area contributed by atoms with Crippen molar-refractivity contribution in [3.05, 3.63) is 65.4 Å². The van der Waals surface area contributed by atoms with Crippen molar-refractivity contribution in [2.45, 2.75) is 19.4 Å². The summed E-state index contributed by atoms with van der Waals surface area (Å²) in [6.45, 7) is 1.01. The summed E-state index contributed by atoms with van der Waals surface area (Å²) in [6, 6.07) is 13.2. The number of rotatable bonds is 9. The lowest BCUT2D eigenvalue weighted by Gasteiger charge is -2.29. The first-order valence-corrected chi connectivity index (χ1v) is 10.5. The summed E-state index contributed by atoms with van der Waals surface area (Å²) in [7, 11) is 0. The fourth-order valence-corrected chi connectivity index (χ4v) is 3.51. The van der Waals surface area contributed by atoms with Crippen molar-refractivity contribution < 1.29 is 14.4 Å². The van der Waals surface area contributed by atoms with Crippen molar-refractivity contribution in [3.63, 3.8) is 0 Å². The molecule has 3 aromatic rings. The van der Waals surface area contributed by atoms with Crippen LogP contribution in [0.2, 0.25) is 5.02 Å². The van der Waals surface area contributed by atoms with Gasteiger partial charge in [-0.1, -0.05) is 41.9 Å². The largest absolute Gasteiger partial charge is 0.323 e. The number of carbonyl (C=O) groups excluding carboxylic acids is 3. The molecule has 1 aromatic heterocycles. The molecule has 1 N–H and O–H groups in total. The molecule has 166 valence electrons. The number of benzene rings is 2. The monoisotopic (exact) mass is 474 g/mol. The Balaban J connectivity index is 1.83. The number of alkyl halides is 1. The molecule has 1 heterocycles. The van der Waals surface area contributed by atoms with E-state index >= 15 is 0 Å². The Labute approximate surface area is 194 Å². The van der Waals surface area contributed by atoms with Gasteiger partial charge in [-0.3, -0.25) is 14.4 Å². The number of carbonyl (C=O) groups is 3. The van der Waals surface area contributed by atoms with E-state index < -0.39 is 17.9 Å². The molecule has 0 bridgehead atoms. The average molecular weight is 475 g/mol. The van der Waals surface area contributed by atoms with Gasteiger partial charge in [0.1, 0.15) is 18.8 Å². The molecule has 3 rings (SSSR count). The van der Waals surface area contributed by atoms with Crippen molar-refractivity contribution in [2.24, 2.45) is 0 Å². The lowest BCUT2D eigenvalue weighted by atomic mass is 10.0. The number of hydrogen-bond donors (Lipinski definition) is 1. The summed E-state index contributed by atoms with van der Waals surface area (Å²) in [6.07, 6.45) is 1.63. The molecular formula is C21H20Cl2N6O3. The molecule has 0 aliphatic heterocycles. The van der Waals surface area contributed by atoms with Crippen LogP contribution in [-0.2, 0) is 20.8 Å². The van der Waals surface area contributed by atoms with Crippen LogP contribution in [0.25, 0.3) is 5.69 Å². The van der Waals surface area contributed by atoms with Gasteiger partial charge in [0, 0.05) is 5.02 Å². The van der Waals surface area contributed by atoms with E-state index in [4.69, 9.17) is 23.2 Å². The van der Waals surface area contributed by atoms with Crippen LogP contribution in [-0.4, -0.2) is 61.2 Å². The first-order chi connectivity index (χ1) is 15.4. The second kappa shape index (κ2) is 10.8. The van der Waals surface area contributed by atoms with Gasteiger partial charge in [-0.25, -0.2) is 0 Å². The third-order valence-corrected chi connectivity index (χ3v) is 5.16. The van der Waals surface area contributed by atoms with E-state index in [2.05, 4.69) is 20.8 Å². The Morgan fingerprint density at radius 1 is 1.16 bits per heavy atom. The third-order valence-electron chi connectivity index (χ3n) is 4.69. The van der Waals surface area contributed by atoms with Gasteiger partial charge in [0.25, 0.3) is 0 Å². The van der Waals surface area contributed by atoms with E-state index in [1.807, 2.05) is 30.3 Å². The lowest BCUT2D eigenvalue weighted by molar-refractivity contribution is -0.139. The van der Waals surface area contributed by atoms with E-state index in [9.17, 15) is 14.4 Å². The molecular weight excluding hydrogens is 455 g/mol. The molecule has 0 spiro atoms. The second-order valence-electron chi connectivity index (χ2n) is 6.94. The number of ketones is 1. The van der Waals surface area contributed by atoms with Crippen molar-refractivity contribution in [1.82, 2.24) is 25.1 Å². The third kappa shape index (κ3) is 5.89. The van der Waals surface area contributed by atoms with Crippen LogP contribution < -0.4 is 5.32 Å². The quantitative estimate of drug-likeness (QED) is 0.477. The zero-order valence-electron chi connectivity index (χ0n) is 17.1. The van der Waals surface area contributed by atoms with E-state index in [0.29, 0.717) is 16.4 Å². The predicted molar refractivity (Wildman–Crippen MR) is 120 cm³/mol. The van der Waals surface area contributed by atoms with Crippen LogP contribution in [0.3, 0.4) is 0 Å². The first kappa shape index (κ1) is 23.4. The van der Waals surface area contributed by atoms with E-state index in [0.717, 1.165) is 5.56 Å². The minimum atomic E-state index is -0.840. The van der Waals surface area contributed by atoms with Crippen LogP contribution in [0, 0.1) is 0 Å². The highest BCUT2D eigenvalue weighted by atomic mass is 35.5. The molecule has 2 amide bonds. The number of amides is 2. The number of anilines is 1. The van der Waals surface area contributed by atoms with Gasteiger partial charge < -0.3 is 10.2 Å². The van der Waals surface area contributed by atoms with E-state index in [1.165, 1.54) is 28.9 Å². The molecule has 0 aliphatic rings. The fourth-order valence-electron chi connectivity index (χ4n) is 3.18. The number of tetrazole rings is 1. The summed E-state index contributed by atoms with van der Waals surface area (Å²) in [5.74, 6) is -1.67. The van der Waals surface area contributed by atoms with Crippen LogP contribution in [0.1, 0.15) is 12.5 Å². The average Bonchev–Trinajstić information content (AvgIpc) is 3.31. The minimum absolute atomic E-state index is 0.253. The molecule has 0 saturated heterocycles. The Morgan fingerprint density at radius 3 is 2.53 bits per heavy atom. The molecule has 11 heteroatoms. The fraction of sp³-hybridized carbons (Fsp3) is 0.238. The number of halogens is 2. The molecule has 1 unspecified atom stereocenters. The lowest BCUT2D eigenvalue weighted by Crippen LogP contribution is -2.49. The molecule has 32 heavy (non-hydrogen) atoms. The van der Waals surface area contributed by atoms with Crippen LogP contribution in [0.15, 0.2) is 54.9 Å². The number of hydrogen-bond acceptors (Lipinski definition) is 6. The topological polar surface area (TPSA) is 110 Å². The standard InChI is InChI=1S/C21H20Cl2N6O3/c1-14(30)19(9-15-5-3-2-4-6-15)28(21(32)11-22)12-20(31)25-17-10-16(23)7-8-18(17)29-13-24-26-27-29/h2-8,10,13,19H,9,11-12H2,1H3,(H,25,31). The van der Waals surface area contributed by atoms with Crippen LogP contribution in [0.4, 0.5) is 5.69 Å². The van der Waals surface area contributed by atoms with Gasteiger partial charge in [-0.05, 0) is 47.5 Å². The highest BCUT2D eigenvalue weighted by Gasteiger charge is 2.29. The zero-order valence-corrected chi connectivity index (χ0v) is 18.6. The maximum atomic E-state index is 12.9. The summed E-state index contributed by atoms with van der Waals surface area (Å²) in [5.41, 5.74) is 1.68. The van der Waals surface area contributed by atoms with E-state index in [-0.39, 0.29) is 24.6 Å². The molecule has 0 saturated carbocycles. The number of nitrogens with zero attached hydrogens (tertiary/aromatic N) is 5. The van der Waals surface area contributed by atoms with Gasteiger partial charge in [-0.15, -0.1) is 16.7 Å². The Kier molecular flexibility index (Phi) is 7.91. The maximum absolute atomic E-state index is 12.9. The van der Waals surface area contributed by atoms with Crippen molar-refractivity contribution in [3.8, 4) is 5.69 Å². The van der Waals surface area contributed by atoms with Gasteiger partial charge >= 0.3 is 0 Å². The SMILES string of the molecule is CC(=O)C(Cc1ccccc1)N(CC(=O)Nc1cc(Cl)ccc1-n1cnnn1)C(=O)CCl. The van der Waals surface area contributed by atoms with Gasteiger partial charge in [0.2, 0.25) is 11.8 Å². The molecule has 1 atom stereocenters. The maximum Gasteiger partial charge on any atom is 0.244 e. The number of Topliss-reactive ketones (excluding diaryl/α,β-unsaturated/α-hetero) is 1. The highest BCUT2D eigenvalue weighted by molar-refractivity contribution is 6.31. The summed E-state index contributed by atoms with van der Waals surface area (Å²) < 4.78 is 1.36. The normalized spacial score (nSPS) is 11.6. The van der Waals surface area contributed by atoms with E-state index in [1.54, 1.807) is 12.1 Å². The Bertz CT molecular complexity index is 1090. The first-order valence-electron chi connectivity index (χ1n) is 9.61. The molecule has 2 aromatic carbocycles. The smallest absolute Gasteiger partial charge is 0.244 e. The second-order valence-corrected chi connectivity index (χ2v) is 7.64. The van der Waals surface area contributed by atoms with Gasteiger partial charge in [0.05, 0.1) is 17.4 Å². The number of aromatic nitrogens is 4. The molecule has 0 fully saturated rings. The summed E-state index contributed by atoms with van der Waals surface area (Å²) in [4.78, 5) is 39.0.